The van der Waals surface area contributed by atoms with Crippen LogP contribution in [0.25, 0.3) is 6.05 Å². The van der Waals surface area contributed by atoms with Gasteiger partial charge in [-0.2, -0.15) is 23.8 Å². The van der Waals surface area contributed by atoms with Gasteiger partial charge in [0.05, 0.1) is 0 Å². The molecule has 0 fully saturated rings. The predicted molar refractivity (Wildman–Crippen MR) is 32.1 cm³/mol. The molecule has 0 aliphatic carbocycles. The highest BCUT2D eigenvalue weighted by Gasteiger charge is 1.66. The highest BCUT2D eigenvalue weighted by molar-refractivity contribution is 5.46. The van der Waals surface area contributed by atoms with E-state index < -0.39 is 6.53 Å². The van der Waals surface area contributed by atoms with E-state index in [1.807, 2.05) is 0 Å². The van der Waals surface area contributed by atoms with E-state index in [1.165, 1.54) is 0 Å². The summed E-state index contributed by atoms with van der Waals surface area (Å²) in [5.74, 6) is 0. The van der Waals surface area contributed by atoms with Crippen LogP contribution in [0.2, 0.25) is 0 Å². The number of rotatable bonds is 1. The maximum absolute atomic E-state index is 7.19. The number of hydrogen-bond donors (Lipinski definition) is 0. The Labute approximate surface area is 47.7 Å². The molecule has 0 nitrogen and oxygen atoms in total. The van der Waals surface area contributed by atoms with Crippen molar-refractivity contribution in [2.24, 2.45) is 0 Å². The molecule has 1 aromatic rings. The first kappa shape index (κ1) is 1.91. The molecule has 0 spiro atoms. The van der Waals surface area contributed by atoms with Gasteiger partial charge in [0, 0.05) is 2.74 Å². The molecular weight excluding hydrogens is 84.1 g/mol. The Morgan fingerprint density at radius 1 is 2.14 bits per heavy atom. The van der Waals surface area contributed by atoms with Crippen LogP contribution in [0.15, 0.2) is 30.8 Å². The van der Waals surface area contributed by atoms with Crippen molar-refractivity contribution in [2.75, 3.05) is 0 Å². The van der Waals surface area contributed by atoms with E-state index in [1.54, 1.807) is 24.3 Å². The van der Waals surface area contributed by atoms with Crippen molar-refractivity contribution in [1.29, 1.82) is 0 Å². The highest BCUT2D eigenvalue weighted by atomic mass is 13.8. The minimum Gasteiger partial charge on any atom is -0.177 e. The van der Waals surface area contributed by atoms with Crippen molar-refractivity contribution in [3.8, 4) is 0 Å². The van der Waals surface area contributed by atoms with Crippen molar-refractivity contribution in [3.63, 3.8) is 0 Å². The molecule has 0 aliphatic heterocycles. The molecule has 0 saturated carbocycles. The Kier molecular flexibility index (Phi) is 0.462. The lowest BCUT2D eigenvalue weighted by molar-refractivity contribution is 1.89. The smallest absolute Gasteiger partial charge is 0.0430 e. The van der Waals surface area contributed by atoms with Gasteiger partial charge >= 0.3 is 0 Å². The Balaban J connectivity index is 2.99. The van der Waals surface area contributed by atoms with E-state index in [4.69, 9.17) is 4.11 Å². The summed E-state index contributed by atoms with van der Waals surface area (Å²) >= 11 is 0. The van der Waals surface area contributed by atoms with Crippen LogP contribution in [-0.2, 0) is 0 Å². The van der Waals surface area contributed by atoms with Crippen LogP contribution in [0.1, 0.15) is 9.68 Å². The van der Waals surface area contributed by atoms with Crippen molar-refractivity contribution < 1.29 is 4.11 Å². The monoisotopic (exact) mass is 94.1 g/mol. The lowest BCUT2D eigenvalue weighted by Crippen LogP contribution is -1.50. The van der Waals surface area contributed by atoms with Gasteiger partial charge in [-0.1, -0.05) is 0 Å². The first-order chi connectivity index (χ1) is 4.72. The Bertz CT molecular complexity index is 229. The molecule has 0 radical (unpaired) electrons. The molecule has 1 rings (SSSR count). The summed E-state index contributed by atoms with van der Waals surface area (Å²) in [6.07, 6.45) is 0. The highest BCUT2D eigenvalue weighted by Crippen LogP contribution is 1.98. The Morgan fingerprint density at radius 2 is 3.14 bits per heavy atom. The fourth-order valence-electron chi connectivity index (χ4n) is 0.457. The minimum atomic E-state index is -0.439. The predicted octanol–water partition coefficient (Wildman–Crippen LogP) is 2.05. The number of hydrogen-bond acceptors (Lipinski definition) is 0. The molecule has 0 atom stereocenters. The van der Waals surface area contributed by atoms with Gasteiger partial charge in [0.25, 0.3) is 0 Å². The molecule has 1 aromatic carbocycles. The van der Waals surface area contributed by atoms with Crippen molar-refractivity contribution in [3.05, 3.63) is 36.4 Å². The van der Waals surface area contributed by atoms with E-state index in [0.29, 0.717) is 5.56 Å². The zero-order valence-electron chi connectivity index (χ0n) is 6.81. The average molecular weight is 94.2 g/mol. The van der Waals surface area contributed by atoms with Gasteiger partial charge in [-0.15, -0.1) is 18.6 Å². The second-order valence-corrected chi connectivity index (χ2v) is 1.30. The van der Waals surface area contributed by atoms with Gasteiger partial charge in [-0.05, 0) is 1.37 Å². The molecule has 0 bridgehead atoms. The average Bonchev–Trinajstić information content (AvgIpc) is 2.36. The molecule has 0 heteroatoms. The lowest BCUT2D eigenvalue weighted by atomic mass is 10.3. The topological polar surface area (TPSA) is 0 Å². The first-order valence-corrected chi connectivity index (χ1v) is 2.08. The molecule has 0 heterocycles. The van der Waals surface area contributed by atoms with Crippen LogP contribution in [-0.4, -0.2) is 0 Å². The standard InChI is InChI=1S/C7H7/c1-2-7-5-3-4-6-7/h2-6H,1H2/q-1/i1D2,2D. The third-order valence-corrected chi connectivity index (χ3v) is 0.807. The Morgan fingerprint density at radius 3 is 3.71 bits per heavy atom. The summed E-state index contributed by atoms with van der Waals surface area (Å²) in [5, 5.41) is 0. The summed E-state index contributed by atoms with van der Waals surface area (Å²) in [5.41, 5.74) is 0.639. The summed E-state index contributed by atoms with van der Waals surface area (Å²) in [4.78, 5) is 0. The van der Waals surface area contributed by atoms with Gasteiger partial charge in [-0.3, -0.25) is 0 Å². The molecule has 0 saturated heterocycles. The van der Waals surface area contributed by atoms with Crippen LogP contribution in [0.3, 0.4) is 0 Å². The van der Waals surface area contributed by atoms with Crippen LogP contribution in [0, 0.1) is 0 Å². The van der Waals surface area contributed by atoms with E-state index in [0.717, 1.165) is 0 Å². The molecule has 7 heavy (non-hydrogen) atoms. The zero-order chi connectivity index (χ0) is 7.56. The van der Waals surface area contributed by atoms with Crippen LogP contribution < -0.4 is 0 Å². The lowest BCUT2D eigenvalue weighted by Gasteiger charge is -1.83. The summed E-state index contributed by atoms with van der Waals surface area (Å²) < 4.78 is 20.8. The largest absolute Gasteiger partial charge is 0.177 e. The molecule has 0 aromatic heterocycles. The van der Waals surface area contributed by atoms with Gasteiger partial charge in [-0.25, -0.2) is 0 Å². The third-order valence-electron chi connectivity index (χ3n) is 0.807. The fourth-order valence-corrected chi connectivity index (χ4v) is 0.457. The van der Waals surface area contributed by atoms with E-state index in [-0.39, 0.29) is 6.05 Å². The van der Waals surface area contributed by atoms with Crippen molar-refractivity contribution in [2.45, 2.75) is 0 Å². The third kappa shape index (κ3) is 0.743. The van der Waals surface area contributed by atoms with Gasteiger partial charge in [0.1, 0.15) is 0 Å². The maximum atomic E-state index is 7.19. The van der Waals surface area contributed by atoms with E-state index in [2.05, 4.69) is 0 Å². The quantitative estimate of drug-likeness (QED) is 0.467. The Hall–Kier alpha value is -0.910. The maximum Gasteiger partial charge on any atom is 0.0430 e. The van der Waals surface area contributed by atoms with E-state index >= 15 is 0 Å². The SMILES string of the molecule is [2H]C([2H])=C([2H])c1ccc[cH-]1. The summed E-state index contributed by atoms with van der Waals surface area (Å²) in [6.45, 7) is -0.439. The van der Waals surface area contributed by atoms with Gasteiger partial charge in [0.15, 0.2) is 0 Å². The molecule has 0 amide bonds. The second kappa shape index (κ2) is 1.69. The summed E-state index contributed by atoms with van der Waals surface area (Å²) in [7, 11) is 0. The zero-order valence-corrected chi connectivity index (χ0v) is 3.81. The van der Waals surface area contributed by atoms with Crippen LogP contribution >= 0.6 is 0 Å². The molecule has 0 aliphatic rings. The second-order valence-electron chi connectivity index (χ2n) is 1.30. The van der Waals surface area contributed by atoms with E-state index in [9.17, 15) is 0 Å². The molecule has 36 valence electrons. The summed E-state index contributed by atoms with van der Waals surface area (Å²) in [6, 6.07) is 6.97. The van der Waals surface area contributed by atoms with Crippen molar-refractivity contribution in [1.82, 2.24) is 0 Å². The van der Waals surface area contributed by atoms with Gasteiger partial charge < -0.3 is 0 Å². The minimum absolute atomic E-state index is 0.0231. The van der Waals surface area contributed by atoms with Crippen LogP contribution in [0.5, 0.6) is 0 Å². The van der Waals surface area contributed by atoms with Crippen molar-refractivity contribution >= 4 is 6.05 Å². The normalized spacial score (nSPS) is 14.0. The van der Waals surface area contributed by atoms with Gasteiger partial charge in [0.2, 0.25) is 0 Å². The molecule has 0 N–H and O–H groups in total. The first-order valence-electron chi connectivity index (χ1n) is 3.58. The molecular formula is C7H7-. The molecule has 0 unspecified atom stereocenters. The van der Waals surface area contributed by atoms with Crippen LogP contribution in [0.4, 0.5) is 0 Å². The fraction of sp³-hybridized carbons (Fsp3) is 0.